The third-order valence-corrected chi connectivity index (χ3v) is 4.50. The molecule has 0 unspecified atom stereocenters. The summed E-state index contributed by atoms with van der Waals surface area (Å²) in [5, 5.41) is 11.1. The highest BCUT2D eigenvalue weighted by molar-refractivity contribution is 7.15. The zero-order valence-corrected chi connectivity index (χ0v) is 12.8. The molecule has 4 nitrogen and oxygen atoms in total. The van der Waals surface area contributed by atoms with Crippen molar-refractivity contribution in [1.82, 2.24) is 9.97 Å². The molecule has 0 saturated carbocycles. The summed E-state index contributed by atoms with van der Waals surface area (Å²) in [6, 6.07) is 7.24. The molecule has 0 saturated heterocycles. The number of nitrogens with zero attached hydrogens (tertiary/aromatic N) is 2. The maximum absolute atomic E-state index is 11.6. The van der Waals surface area contributed by atoms with Gasteiger partial charge in [-0.05, 0) is 32.4 Å². The highest BCUT2D eigenvalue weighted by Crippen LogP contribution is 2.32. The number of aromatic carboxylic acids is 1. The molecule has 0 spiro atoms. The average molecular weight is 298 g/mol. The van der Waals surface area contributed by atoms with Gasteiger partial charge >= 0.3 is 5.97 Å². The van der Waals surface area contributed by atoms with Gasteiger partial charge in [0.2, 0.25) is 0 Å². The Balaban J connectivity index is 2.37. The van der Waals surface area contributed by atoms with Gasteiger partial charge in [0.25, 0.3) is 0 Å². The zero-order chi connectivity index (χ0) is 15.1. The van der Waals surface area contributed by atoms with Crippen molar-refractivity contribution in [2.24, 2.45) is 0 Å². The van der Waals surface area contributed by atoms with Crippen LogP contribution in [0, 0.1) is 20.8 Å². The van der Waals surface area contributed by atoms with E-state index in [4.69, 9.17) is 0 Å². The average Bonchev–Trinajstić information content (AvgIpc) is 2.77. The molecule has 0 amide bonds. The molecule has 0 bridgehead atoms. The Labute approximate surface area is 126 Å². The second-order valence-electron chi connectivity index (χ2n) is 4.98. The van der Waals surface area contributed by atoms with Crippen molar-refractivity contribution < 1.29 is 9.90 Å². The van der Waals surface area contributed by atoms with E-state index in [0.29, 0.717) is 11.1 Å². The van der Waals surface area contributed by atoms with Crippen LogP contribution in [0.4, 0.5) is 0 Å². The minimum absolute atomic E-state index is 0.282. The van der Waals surface area contributed by atoms with Gasteiger partial charge in [0.15, 0.2) is 0 Å². The van der Waals surface area contributed by atoms with E-state index in [1.807, 2.05) is 32.9 Å². The van der Waals surface area contributed by atoms with Crippen LogP contribution in [0.25, 0.3) is 21.5 Å². The zero-order valence-electron chi connectivity index (χ0n) is 12.0. The van der Waals surface area contributed by atoms with Crippen LogP contribution in [0.3, 0.4) is 0 Å². The Bertz CT molecular complexity index is 868. The first-order chi connectivity index (χ1) is 9.97. The second kappa shape index (κ2) is 4.93. The smallest absolute Gasteiger partial charge is 0.336 e. The Kier molecular flexibility index (Phi) is 3.22. The quantitative estimate of drug-likeness (QED) is 0.777. The molecule has 3 rings (SSSR count). The summed E-state index contributed by atoms with van der Waals surface area (Å²) in [6.45, 7) is 5.80. The molecule has 2 aromatic heterocycles. The number of para-hydroxylation sites is 1. The molecule has 0 fully saturated rings. The topological polar surface area (TPSA) is 63.1 Å². The molecule has 1 aromatic carbocycles. The maximum Gasteiger partial charge on any atom is 0.336 e. The summed E-state index contributed by atoms with van der Waals surface area (Å²) in [6.07, 6.45) is 0. The van der Waals surface area contributed by atoms with Gasteiger partial charge in [-0.1, -0.05) is 18.2 Å². The molecule has 0 aliphatic heterocycles. The van der Waals surface area contributed by atoms with Crippen LogP contribution < -0.4 is 0 Å². The van der Waals surface area contributed by atoms with Crippen LogP contribution >= 0.6 is 11.3 Å². The summed E-state index contributed by atoms with van der Waals surface area (Å²) in [7, 11) is 0. The van der Waals surface area contributed by atoms with E-state index in [2.05, 4.69) is 9.97 Å². The molecule has 106 valence electrons. The van der Waals surface area contributed by atoms with Crippen LogP contribution in [-0.4, -0.2) is 21.0 Å². The third kappa shape index (κ3) is 2.29. The summed E-state index contributed by atoms with van der Waals surface area (Å²) >= 11 is 1.54. The van der Waals surface area contributed by atoms with Gasteiger partial charge in [-0.3, -0.25) is 0 Å². The lowest BCUT2D eigenvalue weighted by molar-refractivity contribution is 0.0699. The van der Waals surface area contributed by atoms with Crippen molar-refractivity contribution in [2.45, 2.75) is 20.8 Å². The summed E-state index contributed by atoms with van der Waals surface area (Å²) < 4.78 is 0. The number of rotatable bonds is 2. The van der Waals surface area contributed by atoms with E-state index < -0.39 is 5.97 Å². The standard InChI is InChI=1S/C16H14N2O2S/c1-8-5-4-6-11-12(16(19)20)7-13(18-14(8)11)15-9(2)17-10(3)21-15/h4-7H,1-3H3,(H,19,20). The molecule has 0 aliphatic carbocycles. The number of fused-ring (bicyclic) bond motifs is 1. The number of carbonyl (C=O) groups is 1. The Morgan fingerprint density at radius 1 is 1.19 bits per heavy atom. The lowest BCUT2D eigenvalue weighted by atomic mass is 10.0. The predicted octanol–water partition coefficient (Wildman–Crippen LogP) is 3.98. The fourth-order valence-electron chi connectivity index (χ4n) is 2.45. The van der Waals surface area contributed by atoms with Gasteiger partial charge in [-0.2, -0.15) is 0 Å². The van der Waals surface area contributed by atoms with Crippen LogP contribution in [0.2, 0.25) is 0 Å². The minimum Gasteiger partial charge on any atom is -0.478 e. The first kappa shape index (κ1) is 13.7. The first-order valence-corrected chi connectivity index (χ1v) is 7.37. The van der Waals surface area contributed by atoms with E-state index in [-0.39, 0.29) is 5.56 Å². The lowest BCUT2D eigenvalue weighted by Gasteiger charge is -2.08. The highest BCUT2D eigenvalue weighted by Gasteiger charge is 2.16. The molecular weight excluding hydrogens is 284 g/mol. The predicted molar refractivity (Wildman–Crippen MR) is 84.0 cm³/mol. The summed E-state index contributed by atoms with van der Waals surface area (Å²) in [5.41, 5.74) is 3.55. The highest BCUT2D eigenvalue weighted by atomic mass is 32.1. The molecule has 2 heterocycles. The number of aryl methyl sites for hydroxylation is 3. The number of pyridine rings is 1. The van der Waals surface area contributed by atoms with E-state index in [9.17, 15) is 9.90 Å². The summed E-state index contributed by atoms with van der Waals surface area (Å²) in [4.78, 5) is 21.6. The van der Waals surface area contributed by atoms with E-state index in [0.717, 1.165) is 26.7 Å². The number of thiazole rings is 1. The lowest BCUT2D eigenvalue weighted by Crippen LogP contribution is -2.01. The van der Waals surface area contributed by atoms with Gasteiger partial charge in [0, 0.05) is 5.39 Å². The van der Waals surface area contributed by atoms with Crippen LogP contribution in [0.1, 0.15) is 26.6 Å². The molecule has 5 heteroatoms. The van der Waals surface area contributed by atoms with Crippen molar-refractivity contribution in [1.29, 1.82) is 0 Å². The molecule has 0 atom stereocenters. The molecule has 0 radical (unpaired) electrons. The number of hydrogen-bond acceptors (Lipinski definition) is 4. The van der Waals surface area contributed by atoms with Crippen molar-refractivity contribution in [2.75, 3.05) is 0 Å². The first-order valence-electron chi connectivity index (χ1n) is 6.55. The van der Waals surface area contributed by atoms with E-state index in [1.54, 1.807) is 12.1 Å². The molecular formula is C16H14N2O2S. The minimum atomic E-state index is -0.937. The van der Waals surface area contributed by atoms with Crippen molar-refractivity contribution in [3.63, 3.8) is 0 Å². The number of carboxylic acid groups (broad SMARTS) is 1. The summed E-state index contributed by atoms with van der Waals surface area (Å²) in [5.74, 6) is -0.937. The van der Waals surface area contributed by atoms with E-state index >= 15 is 0 Å². The fourth-order valence-corrected chi connectivity index (χ4v) is 3.33. The largest absolute Gasteiger partial charge is 0.478 e. The molecule has 0 aliphatic rings. The fraction of sp³-hybridized carbons (Fsp3) is 0.188. The van der Waals surface area contributed by atoms with Crippen molar-refractivity contribution in [3.8, 4) is 10.6 Å². The number of hydrogen-bond donors (Lipinski definition) is 1. The van der Waals surface area contributed by atoms with Gasteiger partial charge in [0.05, 0.1) is 32.4 Å². The normalized spacial score (nSPS) is 11.0. The van der Waals surface area contributed by atoms with Gasteiger partial charge in [-0.15, -0.1) is 11.3 Å². The maximum atomic E-state index is 11.6. The number of carboxylic acids is 1. The van der Waals surface area contributed by atoms with Crippen LogP contribution in [0.15, 0.2) is 24.3 Å². The monoisotopic (exact) mass is 298 g/mol. The number of aromatic nitrogens is 2. The third-order valence-electron chi connectivity index (χ3n) is 3.41. The second-order valence-corrected chi connectivity index (χ2v) is 6.18. The van der Waals surface area contributed by atoms with Crippen molar-refractivity contribution in [3.05, 3.63) is 46.1 Å². The molecule has 3 aromatic rings. The SMILES string of the molecule is Cc1nc(C)c(-c2cc(C(=O)O)c3cccc(C)c3n2)s1. The van der Waals surface area contributed by atoms with Gasteiger partial charge < -0.3 is 5.11 Å². The Hall–Kier alpha value is -2.27. The Morgan fingerprint density at radius 3 is 2.57 bits per heavy atom. The van der Waals surface area contributed by atoms with Crippen LogP contribution in [-0.2, 0) is 0 Å². The van der Waals surface area contributed by atoms with E-state index in [1.165, 1.54) is 11.3 Å². The van der Waals surface area contributed by atoms with Crippen molar-refractivity contribution >= 4 is 28.2 Å². The van der Waals surface area contributed by atoms with Gasteiger partial charge in [0.1, 0.15) is 0 Å². The molecule has 21 heavy (non-hydrogen) atoms. The molecule has 1 N–H and O–H groups in total. The Morgan fingerprint density at radius 2 is 1.95 bits per heavy atom. The van der Waals surface area contributed by atoms with Gasteiger partial charge in [-0.25, -0.2) is 14.8 Å². The van der Waals surface area contributed by atoms with Crippen LogP contribution in [0.5, 0.6) is 0 Å². The number of benzene rings is 1.